The minimum absolute atomic E-state index is 0.00796. The average Bonchev–Trinajstić information content (AvgIpc) is 2.63. The Labute approximate surface area is 165 Å². The number of amides is 2. The lowest BCUT2D eigenvalue weighted by Gasteiger charge is -2.20. The van der Waals surface area contributed by atoms with Crippen LogP contribution < -0.4 is 16.0 Å². The number of halogens is 4. The molecule has 0 aromatic heterocycles. The lowest BCUT2D eigenvalue weighted by Crippen LogP contribution is -2.38. The van der Waals surface area contributed by atoms with E-state index in [9.17, 15) is 22.8 Å². The number of benzene rings is 2. The van der Waals surface area contributed by atoms with Crippen LogP contribution in [0.1, 0.15) is 24.1 Å². The van der Waals surface area contributed by atoms with Gasteiger partial charge in [-0.15, -0.1) is 0 Å². The quantitative estimate of drug-likeness (QED) is 0.605. The van der Waals surface area contributed by atoms with E-state index in [-0.39, 0.29) is 29.7 Å². The van der Waals surface area contributed by atoms with E-state index >= 15 is 0 Å². The van der Waals surface area contributed by atoms with Gasteiger partial charge in [0.25, 0.3) is 0 Å². The van der Waals surface area contributed by atoms with Gasteiger partial charge in [-0.25, -0.2) is 0 Å². The van der Waals surface area contributed by atoms with Gasteiger partial charge < -0.3 is 16.0 Å². The second-order valence-corrected chi connectivity index (χ2v) is 6.37. The van der Waals surface area contributed by atoms with Crippen LogP contribution in [0.2, 0.25) is 5.02 Å². The molecule has 0 radical (unpaired) electrons. The normalized spacial score (nSPS) is 12.3. The molecule has 0 saturated heterocycles. The van der Waals surface area contributed by atoms with Gasteiger partial charge in [0.2, 0.25) is 11.8 Å². The Hall–Kier alpha value is -2.58. The Balaban J connectivity index is 2.19. The molecule has 0 saturated carbocycles. The second kappa shape index (κ2) is 9.57. The molecule has 0 spiro atoms. The number of anilines is 1. The monoisotopic (exact) mass is 413 g/mol. The molecule has 0 heterocycles. The van der Waals surface area contributed by atoms with Crippen LogP contribution in [0.15, 0.2) is 48.5 Å². The minimum Gasteiger partial charge on any atom is -0.355 e. The van der Waals surface area contributed by atoms with Crippen LogP contribution in [0.5, 0.6) is 0 Å². The Morgan fingerprint density at radius 1 is 1.07 bits per heavy atom. The number of rotatable bonds is 7. The maximum absolute atomic E-state index is 12.9. The van der Waals surface area contributed by atoms with Gasteiger partial charge in [0.1, 0.15) is 6.04 Å². The first-order valence-electron chi connectivity index (χ1n) is 8.39. The highest BCUT2D eigenvalue weighted by molar-refractivity contribution is 6.33. The van der Waals surface area contributed by atoms with Gasteiger partial charge in [-0.1, -0.05) is 41.9 Å². The van der Waals surface area contributed by atoms with Crippen molar-refractivity contribution in [3.8, 4) is 0 Å². The predicted molar refractivity (Wildman–Crippen MR) is 101 cm³/mol. The summed E-state index contributed by atoms with van der Waals surface area (Å²) in [6.07, 6.45) is -4.56. The first-order valence-corrected chi connectivity index (χ1v) is 8.76. The topological polar surface area (TPSA) is 70.2 Å². The Morgan fingerprint density at radius 2 is 1.75 bits per heavy atom. The van der Waals surface area contributed by atoms with Gasteiger partial charge >= 0.3 is 6.18 Å². The molecule has 0 aliphatic rings. The molecule has 0 fully saturated rings. The number of hydrogen-bond donors (Lipinski definition) is 3. The van der Waals surface area contributed by atoms with Crippen molar-refractivity contribution < 1.29 is 22.8 Å². The van der Waals surface area contributed by atoms with Crippen LogP contribution in [0.4, 0.5) is 18.9 Å². The van der Waals surface area contributed by atoms with Crippen molar-refractivity contribution in [2.45, 2.75) is 19.1 Å². The smallest absolute Gasteiger partial charge is 0.355 e. The fraction of sp³-hybridized carbons (Fsp3) is 0.263. The highest BCUT2D eigenvalue weighted by Crippen LogP contribution is 2.34. The molecule has 0 unspecified atom stereocenters. The number of carbonyl (C=O) groups is 2. The largest absolute Gasteiger partial charge is 0.416 e. The van der Waals surface area contributed by atoms with Crippen molar-refractivity contribution in [2.24, 2.45) is 0 Å². The molecule has 3 N–H and O–H groups in total. The van der Waals surface area contributed by atoms with Crippen molar-refractivity contribution in [2.75, 3.05) is 18.4 Å². The first-order chi connectivity index (χ1) is 13.2. The molecule has 2 aromatic carbocycles. The van der Waals surface area contributed by atoms with Gasteiger partial charge in [0.15, 0.2) is 0 Å². The van der Waals surface area contributed by atoms with Crippen LogP contribution in [0.25, 0.3) is 0 Å². The highest BCUT2D eigenvalue weighted by atomic mass is 35.5. The first kappa shape index (κ1) is 21.7. The maximum atomic E-state index is 12.9. The molecule has 2 aromatic rings. The summed E-state index contributed by atoms with van der Waals surface area (Å²) in [5.41, 5.74) is -0.431. The molecule has 9 heteroatoms. The van der Waals surface area contributed by atoms with Crippen molar-refractivity contribution in [3.05, 3.63) is 64.7 Å². The van der Waals surface area contributed by atoms with E-state index in [1.54, 1.807) is 30.3 Å². The predicted octanol–water partition coefficient (Wildman–Crippen LogP) is 3.76. The van der Waals surface area contributed by atoms with E-state index in [4.69, 9.17) is 11.6 Å². The summed E-state index contributed by atoms with van der Waals surface area (Å²) < 4.78 is 38.8. The van der Waals surface area contributed by atoms with Gasteiger partial charge in [-0.05, 0) is 23.8 Å². The van der Waals surface area contributed by atoms with Crippen LogP contribution in [0.3, 0.4) is 0 Å². The molecule has 0 aliphatic heterocycles. The number of nitrogens with one attached hydrogen (secondary N) is 3. The average molecular weight is 414 g/mol. The Morgan fingerprint density at radius 3 is 2.36 bits per heavy atom. The Kier molecular flexibility index (Phi) is 7.42. The number of carbonyl (C=O) groups excluding carboxylic acids is 2. The molecule has 150 valence electrons. The van der Waals surface area contributed by atoms with Crippen molar-refractivity contribution in [1.82, 2.24) is 10.6 Å². The zero-order chi connectivity index (χ0) is 20.7. The molecule has 2 rings (SSSR count). The van der Waals surface area contributed by atoms with Crippen LogP contribution >= 0.6 is 11.6 Å². The summed E-state index contributed by atoms with van der Waals surface area (Å²) in [6.45, 7) is 1.94. The van der Waals surface area contributed by atoms with Gasteiger partial charge in [-0.3, -0.25) is 9.59 Å². The van der Waals surface area contributed by atoms with E-state index in [2.05, 4.69) is 16.0 Å². The van der Waals surface area contributed by atoms with Crippen molar-refractivity contribution >= 4 is 29.1 Å². The third-order valence-electron chi connectivity index (χ3n) is 3.79. The SMILES string of the molecule is CC(=O)NCCN[C@H](C(=O)Nc1cc(C(F)(F)F)ccc1Cl)c1ccccc1. The summed E-state index contributed by atoms with van der Waals surface area (Å²) in [6, 6.07) is 10.6. The highest BCUT2D eigenvalue weighted by Gasteiger charge is 2.31. The van der Waals surface area contributed by atoms with Gasteiger partial charge in [0.05, 0.1) is 16.3 Å². The zero-order valence-corrected chi connectivity index (χ0v) is 15.7. The van der Waals surface area contributed by atoms with E-state index in [1.165, 1.54) is 6.92 Å². The van der Waals surface area contributed by atoms with Crippen LogP contribution in [-0.2, 0) is 15.8 Å². The van der Waals surface area contributed by atoms with E-state index in [0.717, 1.165) is 18.2 Å². The molecular weight excluding hydrogens is 395 g/mol. The third-order valence-corrected chi connectivity index (χ3v) is 4.12. The maximum Gasteiger partial charge on any atom is 0.416 e. The number of hydrogen-bond acceptors (Lipinski definition) is 3. The van der Waals surface area contributed by atoms with Gasteiger partial charge in [0, 0.05) is 20.0 Å². The fourth-order valence-corrected chi connectivity index (χ4v) is 2.63. The molecule has 5 nitrogen and oxygen atoms in total. The van der Waals surface area contributed by atoms with E-state index in [1.807, 2.05) is 0 Å². The Bertz CT molecular complexity index is 829. The fourth-order valence-electron chi connectivity index (χ4n) is 2.46. The summed E-state index contributed by atoms with van der Waals surface area (Å²) in [7, 11) is 0. The van der Waals surface area contributed by atoms with Gasteiger partial charge in [-0.2, -0.15) is 13.2 Å². The summed E-state index contributed by atoms with van der Waals surface area (Å²) in [5.74, 6) is -0.784. The minimum atomic E-state index is -4.56. The van der Waals surface area contributed by atoms with Crippen LogP contribution in [-0.4, -0.2) is 24.9 Å². The summed E-state index contributed by atoms with van der Waals surface area (Å²) >= 11 is 5.95. The van der Waals surface area contributed by atoms with Crippen LogP contribution in [0, 0.1) is 0 Å². The third kappa shape index (κ3) is 6.24. The summed E-state index contributed by atoms with van der Waals surface area (Å²) in [4.78, 5) is 23.7. The molecular formula is C19H19ClF3N3O2. The molecule has 2 amide bonds. The van der Waals surface area contributed by atoms with Crippen molar-refractivity contribution in [1.29, 1.82) is 0 Å². The van der Waals surface area contributed by atoms with E-state index < -0.39 is 23.7 Å². The zero-order valence-electron chi connectivity index (χ0n) is 14.9. The summed E-state index contributed by atoms with van der Waals surface area (Å²) in [5, 5.41) is 8.02. The van der Waals surface area contributed by atoms with Crippen molar-refractivity contribution in [3.63, 3.8) is 0 Å². The van der Waals surface area contributed by atoms with E-state index in [0.29, 0.717) is 5.56 Å². The number of alkyl halides is 3. The molecule has 0 bridgehead atoms. The molecule has 28 heavy (non-hydrogen) atoms. The lowest BCUT2D eigenvalue weighted by molar-refractivity contribution is -0.137. The second-order valence-electron chi connectivity index (χ2n) is 5.96. The molecule has 0 aliphatic carbocycles. The molecule has 1 atom stereocenters. The lowest BCUT2D eigenvalue weighted by atomic mass is 10.1. The standard InChI is InChI=1S/C19H19ClF3N3O2/c1-12(27)24-9-10-25-17(13-5-3-2-4-6-13)18(28)26-16-11-14(19(21,22)23)7-8-15(16)20/h2-8,11,17,25H,9-10H2,1H3,(H,24,27)(H,26,28)/t17-/m0/s1.